The summed E-state index contributed by atoms with van der Waals surface area (Å²) in [6, 6.07) is 11.0. The molecule has 2 atom stereocenters. The number of benzene rings is 1. The number of pyridine rings is 1. The molecule has 2 saturated heterocycles. The van der Waals surface area contributed by atoms with Gasteiger partial charge in [0, 0.05) is 35.7 Å². The van der Waals surface area contributed by atoms with E-state index in [0.717, 1.165) is 35.6 Å². The first kappa shape index (κ1) is 15.2. The van der Waals surface area contributed by atoms with E-state index in [1.807, 2.05) is 35.4 Å². The van der Waals surface area contributed by atoms with E-state index in [4.69, 9.17) is 0 Å². The molecule has 0 spiro atoms. The number of fused-ring (bicyclic) bond motifs is 2. The van der Waals surface area contributed by atoms with Crippen LogP contribution in [0.5, 0.6) is 0 Å². The molecule has 2 bridgehead atoms. The summed E-state index contributed by atoms with van der Waals surface area (Å²) in [5, 5.41) is 3.09. The van der Waals surface area contributed by atoms with Crippen molar-refractivity contribution < 1.29 is 4.79 Å². The minimum atomic E-state index is 0.0455. The third-order valence-corrected chi connectivity index (χ3v) is 5.38. The molecule has 1 aromatic carbocycles. The first-order valence-electron chi connectivity index (χ1n) is 8.72. The fraction of sp³-hybridized carbons (Fsp3) is 0.400. The van der Waals surface area contributed by atoms with Crippen LogP contribution in [0.2, 0.25) is 0 Å². The summed E-state index contributed by atoms with van der Waals surface area (Å²) in [6.07, 6.45) is 7.08. The Morgan fingerprint density at radius 2 is 2.00 bits per heavy atom. The lowest BCUT2D eigenvalue weighted by Crippen LogP contribution is -2.63. The van der Waals surface area contributed by atoms with Crippen molar-refractivity contribution >= 4 is 11.7 Å². The molecule has 2 aliphatic rings. The Morgan fingerprint density at radius 1 is 1.21 bits per heavy atom. The van der Waals surface area contributed by atoms with Gasteiger partial charge in [-0.15, -0.1) is 0 Å². The van der Waals surface area contributed by atoms with Crippen LogP contribution in [0.1, 0.15) is 31.7 Å². The van der Waals surface area contributed by atoms with Crippen LogP contribution in [0, 0.1) is 12.8 Å². The second-order valence-electron chi connectivity index (χ2n) is 7.23. The molecule has 24 heavy (non-hydrogen) atoms. The van der Waals surface area contributed by atoms with Crippen LogP contribution in [0.15, 0.2) is 42.7 Å². The Morgan fingerprint density at radius 3 is 2.71 bits per heavy atom. The van der Waals surface area contributed by atoms with Crippen molar-refractivity contribution in [3.63, 3.8) is 0 Å². The van der Waals surface area contributed by atoms with E-state index in [9.17, 15) is 4.79 Å². The minimum absolute atomic E-state index is 0.0455. The van der Waals surface area contributed by atoms with Crippen molar-refractivity contribution in [3.8, 4) is 11.1 Å². The maximum absolute atomic E-state index is 12.7. The number of aromatic nitrogens is 1. The second kappa shape index (κ2) is 5.93. The fourth-order valence-electron chi connectivity index (χ4n) is 4.20. The summed E-state index contributed by atoms with van der Waals surface area (Å²) in [5.41, 5.74) is 4.21. The van der Waals surface area contributed by atoms with Gasteiger partial charge in [-0.3, -0.25) is 4.98 Å². The smallest absolute Gasteiger partial charge is 0.318 e. The molecule has 0 aliphatic carbocycles. The van der Waals surface area contributed by atoms with Crippen molar-refractivity contribution in [2.75, 3.05) is 5.32 Å². The zero-order valence-corrected chi connectivity index (χ0v) is 14.2. The molecule has 0 saturated carbocycles. The van der Waals surface area contributed by atoms with Crippen LogP contribution in [-0.2, 0) is 0 Å². The van der Waals surface area contributed by atoms with Crippen molar-refractivity contribution in [2.24, 2.45) is 5.92 Å². The van der Waals surface area contributed by atoms with Gasteiger partial charge in [0.1, 0.15) is 0 Å². The molecule has 2 aliphatic heterocycles. The van der Waals surface area contributed by atoms with Crippen LogP contribution < -0.4 is 5.32 Å². The fourth-order valence-corrected chi connectivity index (χ4v) is 4.20. The van der Waals surface area contributed by atoms with Gasteiger partial charge in [0.15, 0.2) is 0 Å². The SMILES string of the molecule is Cc1ccc(NC(=O)N2C3CC(C)CC2C3)cc1-c1cccnc1. The summed E-state index contributed by atoms with van der Waals surface area (Å²) < 4.78 is 0. The van der Waals surface area contributed by atoms with Gasteiger partial charge in [-0.1, -0.05) is 19.1 Å². The Labute approximate surface area is 142 Å². The summed E-state index contributed by atoms with van der Waals surface area (Å²) >= 11 is 0. The molecule has 1 aromatic heterocycles. The number of anilines is 1. The topological polar surface area (TPSA) is 45.2 Å². The molecule has 2 aromatic rings. The number of aryl methyl sites for hydroxylation is 1. The molecular formula is C20H23N3O. The van der Waals surface area contributed by atoms with Crippen LogP contribution in [0.4, 0.5) is 10.5 Å². The van der Waals surface area contributed by atoms with Gasteiger partial charge in [-0.05, 0) is 61.4 Å². The van der Waals surface area contributed by atoms with Gasteiger partial charge in [0.25, 0.3) is 0 Å². The standard InChI is InChI=1S/C20H23N3O/c1-13-8-17-11-18(9-13)23(17)20(24)22-16-6-5-14(2)19(10-16)15-4-3-7-21-12-15/h3-7,10,12-13,17-18H,8-9,11H2,1-2H3,(H,22,24). The number of nitrogens with one attached hydrogen (secondary N) is 1. The predicted octanol–water partition coefficient (Wildman–Crippen LogP) is 4.46. The lowest BCUT2D eigenvalue weighted by molar-refractivity contribution is -0.00600. The number of urea groups is 1. The van der Waals surface area contributed by atoms with Crippen LogP contribution >= 0.6 is 0 Å². The van der Waals surface area contributed by atoms with Crippen molar-refractivity contribution in [2.45, 2.75) is 45.2 Å². The van der Waals surface area contributed by atoms with Crippen LogP contribution in [-0.4, -0.2) is 28.0 Å². The van der Waals surface area contributed by atoms with Crippen LogP contribution in [0.3, 0.4) is 0 Å². The lowest BCUT2D eigenvalue weighted by Gasteiger charge is -2.54. The molecular weight excluding hydrogens is 298 g/mol. The van der Waals surface area contributed by atoms with E-state index in [-0.39, 0.29) is 6.03 Å². The van der Waals surface area contributed by atoms with Crippen LogP contribution in [0.25, 0.3) is 11.1 Å². The molecule has 2 unspecified atom stereocenters. The number of carbonyl (C=O) groups excluding carboxylic acids is 1. The summed E-state index contributed by atoms with van der Waals surface area (Å²) in [5.74, 6) is 0.745. The highest BCUT2D eigenvalue weighted by Crippen LogP contribution is 2.41. The normalized spacial score (nSPS) is 25.1. The molecule has 124 valence electrons. The third-order valence-electron chi connectivity index (χ3n) is 5.38. The van der Waals surface area contributed by atoms with Gasteiger partial charge < -0.3 is 10.2 Å². The van der Waals surface area contributed by atoms with Crippen molar-refractivity contribution in [3.05, 3.63) is 48.3 Å². The second-order valence-corrected chi connectivity index (χ2v) is 7.23. The van der Waals surface area contributed by atoms with Gasteiger partial charge in [0.05, 0.1) is 0 Å². The number of amides is 2. The molecule has 2 amide bonds. The quantitative estimate of drug-likeness (QED) is 0.887. The van der Waals surface area contributed by atoms with E-state index in [1.165, 1.54) is 12.0 Å². The van der Waals surface area contributed by atoms with E-state index < -0.39 is 0 Å². The maximum Gasteiger partial charge on any atom is 0.322 e. The van der Waals surface area contributed by atoms with E-state index in [0.29, 0.717) is 12.1 Å². The number of rotatable bonds is 2. The Kier molecular flexibility index (Phi) is 3.75. The zero-order valence-electron chi connectivity index (χ0n) is 14.2. The van der Waals surface area contributed by atoms with Gasteiger partial charge in [-0.2, -0.15) is 0 Å². The Bertz CT molecular complexity index is 747. The maximum atomic E-state index is 12.7. The Balaban J connectivity index is 1.52. The first-order chi connectivity index (χ1) is 11.6. The van der Waals surface area contributed by atoms with Gasteiger partial charge >= 0.3 is 6.03 Å². The van der Waals surface area contributed by atoms with E-state index in [2.05, 4.69) is 30.2 Å². The summed E-state index contributed by atoms with van der Waals surface area (Å²) in [6.45, 7) is 4.36. The number of piperidine rings is 1. The number of nitrogens with zero attached hydrogens (tertiary/aromatic N) is 2. The molecule has 4 nitrogen and oxygen atoms in total. The van der Waals surface area contributed by atoms with Crippen molar-refractivity contribution in [1.82, 2.24) is 9.88 Å². The highest BCUT2D eigenvalue weighted by atomic mass is 16.2. The molecule has 4 rings (SSSR count). The first-order valence-corrected chi connectivity index (χ1v) is 8.72. The molecule has 0 radical (unpaired) electrons. The highest BCUT2D eigenvalue weighted by Gasteiger charge is 2.46. The number of hydrogen-bond donors (Lipinski definition) is 1. The monoisotopic (exact) mass is 321 g/mol. The van der Waals surface area contributed by atoms with Gasteiger partial charge in [0.2, 0.25) is 0 Å². The molecule has 1 N–H and O–H groups in total. The predicted molar refractivity (Wildman–Crippen MR) is 95.9 cm³/mol. The average Bonchev–Trinajstić information content (AvgIpc) is 2.57. The largest absolute Gasteiger partial charge is 0.322 e. The molecule has 3 heterocycles. The molecule has 2 fully saturated rings. The Hall–Kier alpha value is -2.36. The van der Waals surface area contributed by atoms with E-state index >= 15 is 0 Å². The molecule has 4 heteroatoms. The zero-order chi connectivity index (χ0) is 16.7. The lowest BCUT2D eigenvalue weighted by atomic mass is 9.74. The highest BCUT2D eigenvalue weighted by molar-refractivity contribution is 5.91. The number of hydrogen-bond acceptors (Lipinski definition) is 2. The number of carbonyl (C=O) groups is 1. The van der Waals surface area contributed by atoms with E-state index in [1.54, 1.807) is 6.20 Å². The minimum Gasteiger partial charge on any atom is -0.318 e. The third kappa shape index (κ3) is 2.66. The average molecular weight is 321 g/mol. The van der Waals surface area contributed by atoms with Gasteiger partial charge in [-0.25, -0.2) is 4.79 Å². The summed E-state index contributed by atoms with van der Waals surface area (Å²) in [7, 11) is 0. The van der Waals surface area contributed by atoms with Crippen molar-refractivity contribution in [1.29, 1.82) is 0 Å². The summed E-state index contributed by atoms with van der Waals surface area (Å²) in [4.78, 5) is 18.9.